The van der Waals surface area contributed by atoms with Gasteiger partial charge in [-0.15, -0.1) is 0 Å². The molecule has 3 aromatic rings. The second kappa shape index (κ2) is 6.50. The number of hydrogen-bond donors (Lipinski definition) is 1. The van der Waals surface area contributed by atoms with Crippen molar-refractivity contribution in [3.63, 3.8) is 0 Å². The summed E-state index contributed by atoms with van der Waals surface area (Å²) < 4.78 is 5.15. The highest BCUT2D eigenvalue weighted by Gasteiger charge is 2.13. The third-order valence-corrected chi connectivity index (χ3v) is 3.44. The molecule has 5 heteroatoms. The molecule has 114 valence electrons. The molecule has 0 radical (unpaired) electrons. The first-order valence-electron chi connectivity index (χ1n) is 6.86. The first-order chi connectivity index (χ1) is 11.1. The zero-order valence-electron chi connectivity index (χ0n) is 11.9. The molecule has 0 aliphatic rings. The van der Waals surface area contributed by atoms with Crippen LogP contribution in [0.4, 0.5) is 0 Å². The molecule has 0 atom stereocenters. The average molecular weight is 326 g/mol. The molecular formula is C18H12ClNO3. The van der Waals surface area contributed by atoms with Crippen LogP contribution in [0.5, 0.6) is 5.88 Å². The highest BCUT2D eigenvalue weighted by atomic mass is 35.5. The van der Waals surface area contributed by atoms with Gasteiger partial charge in [-0.25, -0.2) is 4.79 Å². The molecule has 2 aromatic carbocycles. The van der Waals surface area contributed by atoms with E-state index >= 15 is 0 Å². The summed E-state index contributed by atoms with van der Waals surface area (Å²) in [6.45, 7) is 0. The second-order valence-corrected chi connectivity index (χ2v) is 5.23. The Hall–Kier alpha value is -2.85. The Morgan fingerprint density at radius 3 is 2.35 bits per heavy atom. The van der Waals surface area contributed by atoms with E-state index in [2.05, 4.69) is 4.98 Å². The van der Waals surface area contributed by atoms with E-state index in [-0.39, 0.29) is 17.3 Å². The van der Waals surface area contributed by atoms with E-state index < -0.39 is 5.63 Å². The van der Waals surface area contributed by atoms with Crippen LogP contribution in [-0.4, -0.2) is 10.1 Å². The highest BCUT2D eigenvalue weighted by Crippen LogP contribution is 2.24. The van der Waals surface area contributed by atoms with Gasteiger partial charge in [-0.1, -0.05) is 54.1 Å². The lowest BCUT2D eigenvalue weighted by Crippen LogP contribution is -2.06. The summed E-state index contributed by atoms with van der Waals surface area (Å²) in [4.78, 5) is 16.0. The topological polar surface area (TPSA) is 63.3 Å². The minimum Gasteiger partial charge on any atom is -0.493 e. The summed E-state index contributed by atoms with van der Waals surface area (Å²) in [6.07, 6.45) is 3.22. The largest absolute Gasteiger partial charge is 0.493 e. The molecule has 0 aliphatic heterocycles. The fourth-order valence-corrected chi connectivity index (χ4v) is 2.21. The summed E-state index contributed by atoms with van der Waals surface area (Å²) in [7, 11) is 0. The van der Waals surface area contributed by atoms with Crippen molar-refractivity contribution in [3.8, 4) is 17.0 Å². The summed E-state index contributed by atoms with van der Waals surface area (Å²) in [6, 6.07) is 15.9. The Kier molecular flexibility index (Phi) is 4.26. The molecule has 0 spiro atoms. The molecule has 23 heavy (non-hydrogen) atoms. The van der Waals surface area contributed by atoms with Gasteiger partial charge in [-0.3, -0.25) is 0 Å². The standard InChI is InChI=1S/C18H12ClNO3/c19-14-9-6-12(7-10-14)8-11-15-20-17(21)16(18(22)23-15)13-4-2-1-3-5-13/h1-11,21H. The van der Waals surface area contributed by atoms with E-state index in [1.54, 1.807) is 42.5 Å². The maximum absolute atomic E-state index is 12.1. The van der Waals surface area contributed by atoms with Crippen LogP contribution in [0.15, 0.2) is 63.8 Å². The monoisotopic (exact) mass is 325 g/mol. The van der Waals surface area contributed by atoms with Crippen molar-refractivity contribution in [2.24, 2.45) is 0 Å². The number of benzene rings is 2. The Balaban J connectivity index is 1.94. The van der Waals surface area contributed by atoms with Crippen molar-refractivity contribution in [3.05, 3.63) is 81.5 Å². The molecule has 1 heterocycles. The maximum atomic E-state index is 12.1. The zero-order chi connectivity index (χ0) is 16.2. The molecule has 0 fully saturated rings. The fraction of sp³-hybridized carbons (Fsp3) is 0. The van der Waals surface area contributed by atoms with Gasteiger partial charge in [0, 0.05) is 11.1 Å². The Morgan fingerprint density at radius 1 is 1.00 bits per heavy atom. The van der Waals surface area contributed by atoms with Gasteiger partial charge < -0.3 is 9.52 Å². The van der Waals surface area contributed by atoms with E-state index in [4.69, 9.17) is 16.0 Å². The van der Waals surface area contributed by atoms with Crippen LogP contribution in [-0.2, 0) is 0 Å². The van der Waals surface area contributed by atoms with E-state index in [1.165, 1.54) is 6.08 Å². The first kappa shape index (κ1) is 15.1. The smallest absolute Gasteiger partial charge is 0.351 e. The van der Waals surface area contributed by atoms with Gasteiger partial charge in [0.25, 0.3) is 0 Å². The SMILES string of the molecule is O=c1oc(C=Cc2ccc(Cl)cc2)nc(O)c1-c1ccccc1. The zero-order valence-corrected chi connectivity index (χ0v) is 12.7. The average Bonchev–Trinajstić information content (AvgIpc) is 2.55. The summed E-state index contributed by atoms with van der Waals surface area (Å²) in [5.74, 6) is -0.328. The van der Waals surface area contributed by atoms with E-state index in [1.807, 2.05) is 18.2 Å². The van der Waals surface area contributed by atoms with Crippen LogP contribution >= 0.6 is 11.6 Å². The van der Waals surface area contributed by atoms with Gasteiger partial charge in [0.15, 0.2) is 0 Å². The van der Waals surface area contributed by atoms with Crippen molar-refractivity contribution in [1.29, 1.82) is 0 Å². The Morgan fingerprint density at radius 2 is 1.70 bits per heavy atom. The summed E-state index contributed by atoms with van der Waals surface area (Å²) in [5, 5.41) is 10.7. The number of hydrogen-bond acceptors (Lipinski definition) is 4. The van der Waals surface area contributed by atoms with E-state index in [9.17, 15) is 9.90 Å². The Bertz CT molecular complexity index is 900. The summed E-state index contributed by atoms with van der Waals surface area (Å²) >= 11 is 5.82. The molecule has 0 saturated carbocycles. The molecule has 3 rings (SSSR count). The van der Waals surface area contributed by atoms with Gasteiger partial charge >= 0.3 is 5.63 Å². The van der Waals surface area contributed by atoms with Crippen LogP contribution in [0, 0.1) is 0 Å². The molecule has 0 saturated heterocycles. The van der Waals surface area contributed by atoms with Crippen molar-refractivity contribution in [2.45, 2.75) is 0 Å². The van der Waals surface area contributed by atoms with Crippen LogP contribution in [0.2, 0.25) is 5.02 Å². The third kappa shape index (κ3) is 3.49. The van der Waals surface area contributed by atoms with Gasteiger partial charge in [0.2, 0.25) is 11.8 Å². The lowest BCUT2D eigenvalue weighted by Gasteiger charge is -2.02. The second-order valence-electron chi connectivity index (χ2n) is 4.79. The predicted molar refractivity (Wildman–Crippen MR) is 90.3 cm³/mol. The van der Waals surface area contributed by atoms with Gasteiger partial charge in [-0.2, -0.15) is 4.98 Å². The molecule has 1 aromatic heterocycles. The van der Waals surface area contributed by atoms with Crippen LogP contribution in [0.3, 0.4) is 0 Å². The van der Waals surface area contributed by atoms with Crippen molar-refractivity contribution >= 4 is 23.8 Å². The minimum atomic E-state index is -0.639. The normalized spacial score (nSPS) is 11.0. The molecule has 0 amide bonds. The summed E-state index contributed by atoms with van der Waals surface area (Å²) in [5.41, 5.74) is 0.832. The van der Waals surface area contributed by atoms with E-state index in [0.717, 1.165) is 5.56 Å². The molecule has 4 nitrogen and oxygen atoms in total. The number of halogens is 1. The Labute approximate surface area is 137 Å². The van der Waals surface area contributed by atoms with Crippen molar-refractivity contribution in [1.82, 2.24) is 4.98 Å². The van der Waals surface area contributed by atoms with E-state index in [0.29, 0.717) is 10.6 Å². The lowest BCUT2D eigenvalue weighted by molar-refractivity contribution is 0.413. The predicted octanol–water partition coefficient (Wildman–Crippen LogP) is 4.23. The highest BCUT2D eigenvalue weighted by molar-refractivity contribution is 6.30. The number of rotatable bonds is 3. The maximum Gasteiger partial charge on any atom is 0.351 e. The molecule has 1 N–H and O–H groups in total. The van der Waals surface area contributed by atoms with Crippen molar-refractivity contribution < 1.29 is 9.52 Å². The lowest BCUT2D eigenvalue weighted by atomic mass is 10.1. The number of aromatic nitrogens is 1. The first-order valence-corrected chi connectivity index (χ1v) is 7.24. The molecular weight excluding hydrogens is 314 g/mol. The van der Waals surface area contributed by atoms with Crippen LogP contribution in [0.25, 0.3) is 23.3 Å². The fourth-order valence-electron chi connectivity index (χ4n) is 2.08. The molecule has 0 aliphatic carbocycles. The van der Waals surface area contributed by atoms with Gasteiger partial charge in [-0.05, 0) is 29.3 Å². The molecule has 0 unspecified atom stereocenters. The van der Waals surface area contributed by atoms with Crippen molar-refractivity contribution in [2.75, 3.05) is 0 Å². The van der Waals surface area contributed by atoms with Crippen LogP contribution in [0.1, 0.15) is 11.5 Å². The quantitative estimate of drug-likeness (QED) is 0.782. The van der Waals surface area contributed by atoms with Gasteiger partial charge in [0.1, 0.15) is 5.56 Å². The minimum absolute atomic E-state index is 0.0298. The number of aromatic hydroxyl groups is 1. The molecule has 0 bridgehead atoms. The van der Waals surface area contributed by atoms with Gasteiger partial charge in [0.05, 0.1) is 0 Å². The number of nitrogens with zero attached hydrogens (tertiary/aromatic N) is 1. The third-order valence-electron chi connectivity index (χ3n) is 3.19. The van der Waals surface area contributed by atoms with Crippen LogP contribution < -0.4 is 5.63 Å².